The molecule has 1 fully saturated rings. The monoisotopic (exact) mass is 283 g/mol. The van der Waals surface area contributed by atoms with Crippen LogP contribution < -0.4 is 0 Å². The van der Waals surface area contributed by atoms with Crippen molar-refractivity contribution in [3.8, 4) is 0 Å². The molecule has 0 radical (unpaired) electrons. The highest BCUT2D eigenvalue weighted by atomic mass is 19.1. The molecule has 1 aromatic rings. The first-order valence-corrected chi connectivity index (χ1v) is 6.37. The maximum Gasteiger partial charge on any atom is 0.311 e. The predicted molar refractivity (Wildman–Crippen MR) is 67.2 cm³/mol. The van der Waals surface area contributed by atoms with Gasteiger partial charge in [0, 0.05) is 24.7 Å². The van der Waals surface area contributed by atoms with Crippen molar-refractivity contribution in [2.75, 3.05) is 13.1 Å². The Kier molecular flexibility index (Phi) is 3.74. The number of carboxylic acids is 1. The zero-order valence-electron chi connectivity index (χ0n) is 11.0. The summed E-state index contributed by atoms with van der Waals surface area (Å²) in [5.74, 6) is -3.14. The number of likely N-dealkylation sites (tertiary alicyclic amines) is 1. The Morgan fingerprint density at radius 2 is 1.90 bits per heavy atom. The summed E-state index contributed by atoms with van der Waals surface area (Å²) in [5.41, 5.74) is -1.05. The maximum atomic E-state index is 13.1. The second kappa shape index (κ2) is 5.19. The number of amides is 1. The summed E-state index contributed by atoms with van der Waals surface area (Å²) in [6.45, 7) is 2.09. The van der Waals surface area contributed by atoms with Crippen molar-refractivity contribution in [3.05, 3.63) is 35.4 Å². The van der Waals surface area contributed by atoms with E-state index in [0.29, 0.717) is 18.9 Å². The van der Waals surface area contributed by atoms with E-state index >= 15 is 0 Å². The Hall–Kier alpha value is -1.98. The molecule has 1 atom stereocenters. The fourth-order valence-corrected chi connectivity index (χ4v) is 2.52. The van der Waals surface area contributed by atoms with Gasteiger partial charge in [0.2, 0.25) is 0 Å². The lowest BCUT2D eigenvalue weighted by atomic mass is 9.84. The van der Waals surface area contributed by atoms with Crippen LogP contribution in [0.3, 0.4) is 0 Å². The molecule has 20 heavy (non-hydrogen) atoms. The third-order valence-electron chi connectivity index (χ3n) is 3.88. The lowest BCUT2D eigenvalue weighted by molar-refractivity contribution is -0.148. The molecule has 1 amide bonds. The van der Waals surface area contributed by atoms with Gasteiger partial charge in [0.15, 0.2) is 0 Å². The summed E-state index contributed by atoms with van der Waals surface area (Å²) in [7, 11) is 0. The minimum atomic E-state index is -0.957. The second-order valence-corrected chi connectivity index (χ2v) is 5.07. The molecular weight excluding hydrogens is 268 g/mol. The molecule has 1 N–H and O–H groups in total. The van der Waals surface area contributed by atoms with Crippen molar-refractivity contribution in [1.82, 2.24) is 4.90 Å². The molecule has 1 aliphatic rings. The van der Waals surface area contributed by atoms with E-state index in [1.807, 2.05) is 0 Å². The summed E-state index contributed by atoms with van der Waals surface area (Å²) < 4.78 is 26.2. The van der Waals surface area contributed by atoms with Crippen LogP contribution in [0.25, 0.3) is 0 Å². The fraction of sp³-hybridized carbons (Fsp3) is 0.429. The minimum Gasteiger partial charge on any atom is -0.481 e. The second-order valence-electron chi connectivity index (χ2n) is 5.07. The van der Waals surface area contributed by atoms with Crippen molar-refractivity contribution >= 4 is 11.9 Å². The first kappa shape index (κ1) is 14.4. The molecule has 6 heteroatoms. The van der Waals surface area contributed by atoms with Crippen molar-refractivity contribution in [3.63, 3.8) is 0 Å². The van der Waals surface area contributed by atoms with Crippen LogP contribution >= 0.6 is 0 Å². The van der Waals surface area contributed by atoms with Crippen molar-refractivity contribution < 1.29 is 23.5 Å². The predicted octanol–water partition coefficient (Wildman–Crippen LogP) is 2.29. The first-order chi connectivity index (χ1) is 9.38. The van der Waals surface area contributed by atoms with Gasteiger partial charge in [-0.2, -0.15) is 0 Å². The standard InChI is InChI=1S/C14H15F2NO3/c1-2-14(13(19)20)3-4-17(8-14)12(18)9-5-10(15)7-11(16)6-9/h5-7H,2-4,8H2,1H3,(H,19,20). The van der Waals surface area contributed by atoms with E-state index in [2.05, 4.69) is 0 Å². The Labute approximate surface area is 115 Å². The average molecular weight is 283 g/mol. The Bertz CT molecular complexity index is 541. The Morgan fingerprint density at radius 1 is 1.30 bits per heavy atom. The van der Waals surface area contributed by atoms with E-state index < -0.39 is 28.9 Å². The third kappa shape index (κ3) is 2.50. The van der Waals surface area contributed by atoms with Gasteiger partial charge in [0.1, 0.15) is 11.6 Å². The number of nitrogens with zero attached hydrogens (tertiary/aromatic N) is 1. The number of rotatable bonds is 3. The van der Waals surface area contributed by atoms with E-state index in [1.165, 1.54) is 4.90 Å². The zero-order chi connectivity index (χ0) is 14.9. The zero-order valence-corrected chi connectivity index (χ0v) is 11.0. The Balaban J connectivity index is 2.21. The lowest BCUT2D eigenvalue weighted by Gasteiger charge is -2.23. The van der Waals surface area contributed by atoms with Crippen molar-refractivity contribution in [1.29, 1.82) is 0 Å². The normalized spacial score (nSPS) is 22.1. The quantitative estimate of drug-likeness (QED) is 0.926. The van der Waals surface area contributed by atoms with Crippen molar-refractivity contribution in [2.24, 2.45) is 5.41 Å². The van der Waals surface area contributed by atoms with E-state index in [4.69, 9.17) is 0 Å². The number of hydrogen-bond donors (Lipinski definition) is 1. The molecule has 0 aliphatic carbocycles. The van der Waals surface area contributed by atoms with Crippen LogP contribution in [-0.4, -0.2) is 35.0 Å². The molecular formula is C14H15F2NO3. The molecule has 1 aromatic carbocycles. The number of aliphatic carboxylic acids is 1. The van der Waals surface area contributed by atoms with E-state index in [-0.39, 0.29) is 18.7 Å². The Morgan fingerprint density at radius 3 is 2.35 bits per heavy atom. The lowest BCUT2D eigenvalue weighted by Crippen LogP contribution is -2.36. The summed E-state index contributed by atoms with van der Waals surface area (Å²) >= 11 is 0. The summed E-state index contributed by atoms with van der Waals surface area (Å²) in [6.07, 6.45) is 0.756. The topological polar surface area (TPSA) is 57.6 Å². The molecule has 0 bridgehead atoms. The van der Waals surface area contributed by atoms with E-state index in [0.717, 1.165) is 12.1 Å². The van der Waals surface area contributed by atoms with Gasteiger partial charge in [-0.3, -0.25) is 9.59 Å². The highest BCUT2D eigenvalue weighted by molar-refractivity contribution is 5.95. The van der Waals surface area contributed by atoms with Crippen LogP contribution in [0, 0.1) is 17.0 Å². The smallest absolute Gasteiger partial charge is 0.311 e. The van der Waals surface area contributed by atoms with Crippen LogP contribution in [0.15, 0.2) is 18.2 Å². The molecule has 1 heterocycles. The maximum absolute atomic E-state index is 13.1. The molecule has 1 aliphatic heterocycles. The van der Waals surface area contributed by atoms with Gasteiger partial charge in [-0.05, 0) is 25.0 Å². The van der Waals surface area contributed by atoms with Gasteiger partial charge in [-0.15, -0.1) is 0 Å². The van der Waals surface area contributed by atoms with E-state index in [1.54, 1.807) is 6.92 Å². The van der Waals surface area contributed by atoms with Crippen molar-refractivity contribution in [2.45, 2.75) is 19.8 Å². The SMILES string of the molecule is CCC1(C(=O)O)CCN(C(=O)c2cc(F)cc(F)c2)C1. The highest BCUT2D eigenvalue weighted by Crippen LogP contribution is 2.34. The molecule has 4 nitrogen and oxygen atoms in total. The van der Waals surface area contributed by atoms with Gasteiger partial charge in [0.25, 0.3) is 5.91 Å². The van der Waals surface area contributed by atoms with E-state index in [9.17, 15) is 23.5 Å². The summed E-state index contributed by atoms with van der Waals surface area (Å²) in [6, 6.07) is 2.60. The molecule has 0 spiro atoms. The molecule has 0 aromatic heterocycles. The third-order valence-corrected chi connectivity index (χ3v) is 3.88. The molecule has 1 saturated heterocycles. The largest absolute Gasteiger partial charge is 0.481 e. The van der Waals surface area contributed by atoms with Gasteiger partial charge in [-0.25, -0.2) is 8.78 Å². The van der Waals surface area contributed by atoms with Gasteiger partial charge >= 0.3 is 5.97 Å². The van der Waals surface area contributed by atoms with Gasteiger partial charge < -0.3 is 10.0 Å². The molecule has 0 saturated carbocycles. The number of carbonyl (C=O) groups excluding carboxylic acids is 1. The number of hydrogen-bond acceptors (Lipinski definition) is 2. The molecule has 1 unspecified atom stereocenters. The van der Waals surface area contributed by atoms with Crippen LogP contribution in [-0.2, 0) is 4.79 Å². The highest BCUT2D eigenvalue weighted by Gasteiger charge is 2.44. The van der Waals surface area contributed by atoms with Gasteiger partial charge in [0.05, 0.1) is 5.41 Å². The first-order valence-electron chi connectivity index (χ1n) is 6.37. The van der Waals surface area contributed by atoms with Crippen LogP contribution in [0.4, 0.5) is 8.78 Å². The molecule has 108 valence electrons. The fourth-order valence-electron chi connectivity index (χ4n) is 2.52. The molecule has 2 rings (SSSR count). The number of halogens is 2. The summed E-state index contributed by atoms with van der Waals surface area (Å²) in [4.78, 5) is 24.8. The number of benzene rings is 1. The average Bonchev–Trinajstić information content (AvgIpc) is 2.82. The summed E-state index contributed by atoms with van der Waals surface area (Å²) in [5, 5.41) is 9.26. The number of carboxylic acid groups (broad SMARTS) is 1. The minimum absolute atomic E-state index is 0.0653. The van der Waals surface area contributed by atoms with Gasteiger partial charge in [-0.1, -0.05) is 6.92 Å². The van der Waals surface area contributed by atoms with Crippen LogP contribution in [0.5, 0.6) is 0 Å². The van der Waals surface area contributed by atoms with Crippen LogP contribution in [0.2, 0.25) is 0 Å². The number of carbonyl (C=O) groups is 2. The van der Waals surface area contributed by atoms with Crippen LogP contribution in [0.1, 0.15) is 30.1 Å².